The van der Waals surface area contributed by atoms with Crippen molar-refractivity contribution < 1.29 is 9.59 Å². The van der Waals surface area contributed by atoms with E-state index in [0.29, 0.717) is 30.8 Å². The van der Waals surface area contributed by atoms with Crippen LogP contribution in [0.15, 0.2) is 30.3 Å². The monoisotopic (exact) mass is 423 g/mol. The highest BCUT2D eigenvalue weighted by molar-refractivity contribution is 6.26. The first-order chi connectivity index (χ1) is 15.2. The summed E-state index contributed by atoms with van der Waals surface area (Å²) in [6.45, 7) is 6.44. The lowest BCUT2D eigenvalue weighted by molar-refractivity contribution is 0.0603. The van der Waals surface area contributed by atoms with Gasteiger partial charge in [0.2, 0.25) is 0 Å². The van der Waals surface area contributed by atoms with E-state index >= 15 is 0 Å². The number of nitrogens with two attached hydrogens (primary N) is 2. The van der Waals surface area contributed by atoms with Crippen LogP contribution >= 0.6 is 0 Å². The van der Waals surface area contributed by atoms with Gasteiger partial charge in [0.05, 0.1) is 0 Å². The van der Waals surface area contributed by atoms with Crippen molar-refractivity contribution in [1.82, 2.24) is 9.80 Å². The van der Waals surface area contributed by atoms with Crippen LogP contribution in [0.2, 0.25) is 0 Å². The van der Waals surface area contributed by atoms with Crippen molar-refractivity contribution >= 4 is 28.3 Å². The normalized spacial score (nSPS) is 15.8. The molecule has 0 saturated carbocycles. The number of carbonyl (C=O) groups excluding carboxylic acids is 2. The summed E-state index contributed by atoms with van der Waals surface area (Å²) in [5.41, 5.74) is 13.7. The van der Waals surface area contributed by atoms with Crippen LogP contribution in [0.4, 0.5) is 5.69 Å². The minimum absolute atomic E-state index is 0.181. The second kappa shape index (κ2) is 9.77. The number of benzene rings is 2. The summed E-state index contributed by atoms with van der Waals surface area (Å²) in [5.74, 6) is -0.362. The molecule has 2 heterocycles. The van der Waals surface area contributed by atoms with E-state index in [1.54, 1.807) is 0 Å². The first-order valence-electron chi connectivity index (χ1n) is 11.4. The fourth-order valence-corrected chi connectivity index (χ4v) is 4.58. The van der Waals surface area contributed by atoms with Crippen molar-refractivity contribution in [3.05, 3.63) is 41.5 Å². The number of nitrogens with zero attached hydrogens (tertiary/aromatic N) is 3. The van der Waals surface area contributed by atoms with Crippen molar-refractivity contribution in [3.8, 4) is 0 Å². The summed E-state index contributed by atoms with van der Waals surface area (Å²) < 4.78 is 0. The number of hydrogen-bond donors (Lipinski definition) is 2. The van der Waals surface area contributed by atoms with Crippen LogP contribution in [0.1, 0.15) is 46.4 Å². The number of anilines is 1. The van der Waals surface area contributed by atoms with E-state index in [2.05, 4.69) is 9.80 Å². The van der Waals surface area contributed by atoms with Gasteiger partial charge in [-0.15, -0.1) is 0 Å². The van der Waals surface area contributed by atoms with Crippen molar-refractivity contribution in [1.29, 1.82) is 0 Å². The average Bonchev–Trinajstić information content (AvgIpc) is 2.75. The molecule has 2 aromatic carbocycles. The van der Waals surface area contributed by atoms with Gasteiger partial charge in [-0.25, -0.2) is 0 Å². The summed E-state index contributed by atoms with van der Waals surface area (Å²) >= 11 is 0. The van der Waals surface area contributed by atoms with E-state index in [4.69, 9.17) is 11.5 Å². The zero-order valence-corrected chi connectivity index (χ0v) is 18.2. The van der Waals surface area contributed by atoms with Gasteiger partial charge in [-0.3, -0.25) is 14.5 Å². The summed E-state index contributed by atoms with van der Waals surface area (Å²) in [6.07, 6.45) is 3.79. The molecule has 2 amide bonds. The number of imide groups is 1. The van der Waals surface area contributed by atoms with Crippen LogP contribution in [-0.4, -0.2) is 74.0 Å². The predicted octanol–water partition coefficient (Wildman–Crippen LogP) is 2.04. The van der Waals surface area contributed by atoms with Gasteiger partial charge >= 0.3 is 0 Å². The van der Waals surface area contributed by atoms with Gasteiger partial charge in [0.25, 0.3) is 11.8 Å². The van der Waals surface area contributed by atoms with Crippen LogP contribution in [0.5, 0.6) is 0 Å². The van der Waals surface area contributed by atoms with E-state index in [9.17, 15) is 9.59 Å². The second-order valence-electron chi connectivity index (χ2n) is 8.44. The van der Waals surface area contributed by atoms with Gasteiger partial charge in [-0.05, 0) is 76.6 Å². The third-order valence-electron chi connectivity index (χ3n) is 6.38. The molecule has 1 fully saturated rings. The zero-order chi connectivity index (χ0) is 21.8. The average molecular weight is 424 g/mol. The Bertz CT molecular complexity index is 926. The van der Waals surface area contributed by atoms with Crippen LogP contribution in [0.3, 0.4) is 0 Å². The van der Waals surface area contributed by atoms with Crippen LogP contribution in [0, 0.1) is 0 Å². The van der Waals surface area contributed by atoms with Crippen molar-refractivity contribution in [3.63, 3.8) is 0 Å². The highest BCUT2D eigenvalue weighted by atomic mass is 16.2. The third-order valence-corrected chi connectivity index (χ3v) is 6.38. The summed E-state index contributed by atoms with van der Waals surface area (Å²) in [6, 6.07) is 9.74. The fourth-order valence-electron chi connectivity index (χ4n) is 4.58. The Morgan fingerprint density at radius 3 is 2.10 bits per heavy atom. The topological polar surface area (TPSA) is 95.9 Å². The molecule has 7 nitrogen and oxygen atoms in total. The molecule has 0 aliphatic carbocycles. The lowest BCUT2D eigenvalue weighted by atomic mass is 9.92. The molecule has 166 valence electrons. The number of hydrogen-bond acceptors (Lipinski definition) is 6. The number of amides is 2. The minimum atomic E-state index is -0.181. The van der Waals surface area contributed by atoms with Gasteiger partial charge in [-0.1, -0.05) is 12.1 Å². The quantitative estimate of drug-likeness (QED) is 0.537. The number of carbonyl (C=O) groups is 2. The number of rotatable bonds is 11. The highest BCUT2D eigenvalue weighted by Crippen LogP contribution is 2.37. The van der Waals surface area contributed by atoms with E-state index in [-0.39, 0.29) is 11.8 Å². The molecular weight excluding hydrogens is 390 g/mol. The molecule has 2 aromatic rings. The van der Waals surface area contributed by atoms with Crippen LogP contribution < -0.4 is 16.4 Å². The molecule has 2 aliphatic rings. The fraction of sp³-hybridized carbons (Fsp3) is 0.500. The van der Waals surface area contributed by atoms with Crippen molar-refractivity contribution in [2.24, 2.45) is 11.5 Å². The Morgan fingerprint density at radius 1 is 0.839 bits per heavy atom. The molecule has 0 spiro atoms. The molecule has 4 N–H and O–H groups in total. The standard InChI is InChI=1S/C24H33N5O2/c25-10-2-12-27(13-3-11-26)14-4-17-29-23(30)19-7-1-6-18-21(28-15-5-16-28)9-8-20(22(18)19)24(29)31/h1,6-9H,2-5,10-17,25-26H2. The molecule has 4 rings (SSSR count). The van der Waals surface area contributed by atoms with E-state index in [0.717, 1.165) is 68.4 Å². The lowest BCUT2D eigenvalue weighted by Crippen LogP contribution is -2.42. The Hall–Kier alpha value is -2.48. The Kier molecular flexibility index (Phi) is 6.85. The maximum Gasteiger partial charge on any atom is 0.261 e. The van der Waals surface area contributed by atoms with Gasteiger partial charge in [-0.2, -0.15) is 0 Å². The molecule has 0 radical (unpaired) electrons. The van der Waals surface area contributed by atoms with Gasteiger partial charge in [0.1, 0.15) is 0 Å². The first kappa shape index (κ1) is 21.7. The maximum atomic E-state index is 13.2. The SMILES string of the molecule is NCCCN(CCCN)CCCN1C(=O)c2cccc3c(N4CCC4)ccc(c23)C1=O. The summed E-state index contributed by atoms with van der Waals surface area (Å²) in [7, 11) is 0. The molecule has 2 aliphatic heterocycles. The van der Waals surface area contributed by atoms with E-state index < -0.39 is 0 Å². The minimum Gasteiger partial charge on any atom is -0.371 e. The molecular formula is C24H33N5O2. The highest BCUT2D eigenvalue weighted by Gasteiger charge is 2.33. The summed E-state index contributed by atoms with van der Waals surface area (Å²) in [4.78, 5) is 32.5. The molecule has 1 saturated heterocycles. The van der Waals surface area contributed by atoms with Crippen LogP contribution in [0.25, 0.3) is 10.8 Å². The Balaban J connectivity index is 1.51. The van der Waals surface area contributed by atoms with Gasteiger partial charge in [0.15, 0.2) is 0 Å². The Labute approximate surface area is 183 Å². The second-order valence-corrected chi connectivity index (χ2v) is 8.44. The van der Waals surface area contributed by atoms with Gasteiger partial charge < -0.3 is 21.3 Å². The van der Waals surface area contributed by atoms with E-state index in [1.807, 2.05) is 30.3 Å². The van der Waals surface area contributed by atoms with Gasteiger partial charge in [0, 0.05) is 47.2 Å². The van der Waals surface area contributed by atoms with Crippen molar-refractivity contribution in [2.45, 2.75) is 25.7 Å². The molecule has 7 heteroatoms. The molecule has 0 atom stereocenters. The zero-order valence-electron chi connectivity index (χ0n) is 18.2. The molecule has 0 aromatic heterocycles. The molecule has 0 bridgehead atoms. The third kappa shape index (κ3) is 4.31. The molecule has 31 heavy (non-hydrogen) atoms. The van der Waals surface area contributed by atoms with E-state index in [1.165, 1.54) is 11.3 Å². The summed E-state index contributed by atoms with van der Waals surface area (Å²) in [5, 5.41) is 1.82. The smallest absolute Gasteiger partial charge is 0.261 e. The lowest BCUT2D eigenvalue weighted by Gasteiger charge is -2.35. The first-order valence-corrected chi connectivity index (χ1v) is 11.4. The molecule has 0 unspecified atom stereocenters. The predicted molar refractivity (Wildman–Crippen MR) is 125 cm³/mol. The Morgan fingerprint density at radius 2 is 1.48 bits per heavy atom. The van der Waals surface area contributed by atoms with Crippen LogP contribution in [-0.2, 0) is 0 Å². The maximum absolute atomic E-state index is 13.2. The van der Waals surface area contributed by atoms with Crippen molar-refractivity contribution in [2.75, 3.05) is 57.3 Å². The largest absolute Gasteiger partial charge is 0.371 e.